The van der Waals surface area contributed by atoms with Crippen LogP contribution >= 0.6 is 23.4 Å². The van der Waals surface area contributed by atoms with Gasteiger partial charge >= 0.3 is 12.1 Å². The number of halogens is 1. The highest BCUT2D eigenvalue weighted by Crippen LogP contribution is 2.33. The molecule has 2 N–H and O–H groups in total. The number of hydrogen-bond donors (Lipinski definition) is 2. The number of ketones is 1. The maximum atomic E-state index is 11.6. The molecule has 0 bridgehead atoms. The molecule has 114 valence electrons. The highest BCUT2D eigenvalue weighted by atomic mass is 35.5. The molecule has 0 aliphatic carbocycles. The van der Waals surface area contributed by atoms with Crippen LogP contribution in [0, 0.1) is 0 Å². The van der Waals surface area contributed by atoms with Crippen LogP contribution in [0.25, 0.3) is 0 Å². The second-order valence-corrected chi connectivity index (χ2v) is 6.59. The summed E-state index contributed by atoms with van der Waals surface area (Å²) in [5.41, 5.74) is -0.800. The normalized spacial score (nSPS) is 15.1. The van der Waals surface area contributed by atoms with Gasteiger partial charge in [-0.15, -0.1) is 0 Å². The molecule has 1 heterocycles. The summed E-state index contributed by atoms with van der Waals surface area (Å²) in [6.45, 7) is 5.16. The molecule has 1 aliphatic rings. The Labute approximate surface area is 130 Å². The summed E-state index contributed by atoms with van der Waals surface area (Å²) in [7, 11) is 0. The molecule has 21 heavy (non-hydrogen) atoms. The lowest BCUT2D eigenvalue weighted by Gasteiger charge is -2.20. The molecule has 0 unspecified atom stereocenters. The minimum atomic E-state index is -1.60. The van der Waals surface area contributed by atoms with Crippen LogP contribution in [0.4, 0.5) is 4.79 Å². The Kier molecular flexibility index (Phi) is 5.62. The molecular weight excluding hydrogens is 318 g/mol. The van der Waals surface area contributed by atoms with E-state index in [0.717, 1.165) is 11.8 Å². The number of hydrogen-bond acceptors (Lipinski definition) is 5. The van der Waals surface area contributed by atoms with Gasteiger partial charge in [-0.05, 0) is 32.9 Å². The number of carboxylic acid groups (broad SMARTS) is 1. The zero-order valence-corrected chi connectivity index (χ0v) is 13.2. The molecule has 0 aromatic rings. The summed E-state index contributed by atoms with van der Waals surface area (Å²) in [5.74, 6) is -2.72. The number of amides is 1. The van der Waals surface area contributed by atoms with Crippen LogP contribution < -0.4 is 5.32 Å². The summed E-state index contributed by atoms with van der Waals surface area (Å²) in [4.78, 5) is 33.8. The fourth-order valence-electron chi connectivity index (χ4n) is 1.23. The summed E-state index contributed by atoms with van der Waals surface area (Å²) < 4.78 is 5.04. The first-order valence-corrected chi connectivity index (χ1v) is 7.03. The molecule has 6 nitrogen and oxygen atoms in total. The predicted octanol–water partition coefficient (Wildman–Crippen LogP) is 2.76. The van der Waals surface area contributed by atoms with Crippen molar-refractivity contribution in [3.05, 3.63) is 33.2 Å². The number of carbonyl (C=O) groups excluding carboxylic acids is 2. The largest absolute Gasteiger partial charge is 0.475 e. The van der Waals surface area contributed by atoms with Crippen molar-refractivity contribution < 1.29 is 24.2 Å². The average molecular weight is 332 g/mol. The van der Waals surface area contributed by atoms with Crippen molar-refractivity contribution in [1.29, 1.82) is 0 Å². The average Bonchev–Trinajstić information content (AvgIpc) is 2.47. The summed E-state index contributed by atoms with van der Waals surface area (Å²) in [5, 5.41) is 11.5. The van der Waals surface area contributed by atoms with E-state index in [0.29, 0.717) is 5.03 Å². The highest BCUT2D eigenvalue weighted by Gasteiger charge is 2.23. The Morgan fingerprint density at radius 3 is 2.48 bits per heavy atom. The van der Waals surface area contributed by atoms with Crippen LogP contribution in [0.2, 0.25) is 0 Å². The van der Waals surface area contributed by atoms with Gasteiger partial charge in [0, 0.05) is 0 Å². The van der Waals surface area contributed by atoms with Gasteiger partial charge in [-0.2, -0.15) is 0 Å². The Morgan fingerprint density at radius 2 is 1.95 bits per heavy atom. The fourth-order valence-corrected chi connectivity index (χ4v) is 2.38. The van der Waals surface area contributed by atoms with Crippen molar-refractivity contribution in [2.24, 2.45) is 0 Å². The van der Waals surface area contributed by atoms with Gasteiger partial charge in [0.2, 0.25) is 0 Å². The number of nitrogens with one attached hydrogen (secondary N) is 1. The molecule has 1 amide bonds. The number of allylic oxidation sites excluding steroid dienone is 3. The molecule has 0 aromatic heterocycles. The van der Waals surface area contributed by atoms with E-state index in [1.165, 1.54) is 18.2 Å². The molecule has 0 saturated heterocycles. The molecule has 0 saturated carbocycles. The van der Waals surface area contributed by atoms with Crippen LogP contribution in [0.15, 0.2) is 33.2 Å². The minimum Gasteiger partial charge on any atom is -0.475 e. The number of aliphatic carboxylic acids is 1. The molecule has 0 spiro atoms. The lowest BCUT2D eigenvalue weighted by atomic mass is 10.2. The lowest BCUT2D eigenvalue weighted by molar-refractivity contribution is -0.147. The van der Waals surface area contributed by atoms with Gasteiger partial charge in [0.15, 0.2) is 0 Å². The maximum absolute atomic E-state index is 11.6. The molecule has 8 heteroatoms. The molecule has 0 aromatic carbocycles. The molecule has 1 rings (SSSR count). The van der Waals surface area contributed by atoms with Crippen molar-refractivity contribution in [3.8, 4) is 0 Å². The van der Waals surface area contributed by atoms with Crippen molar-refractivity contribution in [3.63, 3.8) is 0 Å². The van der Waals surface area contributed by atoms with E-state index < -0.39 is 23.4 Å². The number of alkyl carbamates (subject to hydrolysis) is 1. The first-order chi connectivity index (χ1) is 9.60. The van der Waals surface area contributed by atoms with Gasteiger partial charge in [0.1, 0.15) is 5.60 Å². The van der Waals surface area contributed by atoms with Crippen molar-refractivity contribution in [2.75, 3.05) is 0 Å². The van der Waals surface area contributed by atoms with Gasteiger partial charge in [-0.25, -0.2) is 9.59 Å². The number of Topliss-reactive ketones (excluding diaryl/α,β-unsaturated/α-hetero) is 1. The van der Waals surface area contributed by atoms with Gasteiger partial charge in [0.05, 0.1) is 15.0 Å². The summed E-state index contributed by atoms with van der Waals surface area (Å²) >= 11 is 6.77. The molecule has 0 atom stereocenters. The second kappa shape index (κ2) is 6.82. The standard InChI is InChI=1S/C13H14ClNO5S/c1-13(2,3)20-12(19)15-8-6-4-5-7(10(14)21-8)9(16)11(17)18/h4-6H,1-3H3,(H,15,19)(H,17,18). The number of thioether (sulfide) groups is 1. The number of carbonyl (C=O) groups is 3. The van der Waals surface area contributed by atoms with Gasteiger partial charge < -0.3 is 9.84 Å². The molecule has 0 fully saturated rings. The maximum Gasteiger partial charge on any atom is 0.412 e. The molecule has 0 radical (unpaired) electrons. The Hall–Kier alpha value is -1.73. The van der Waals surface area contributed by atoms with Gasteiger partial charge in [-0.3, -0.25) is 10.1 Å². The van der Waals surface area contributed by atoms with Crippen LogP contribution in [0.3, 0.4) is 0 Å². The Balaban J connectivity index is 2.82. The third kappa shape index (κ3) is 5.65. The van der Waals surface area contributed by atoms with E-state index in [1.807, 2.05) is 0 Å². The van der Waals surface area contributed by atoms with Crippen molar-refractivity contribution >= 4 is 41.2 Å². The predicted molar refractivity (Wildman–Crippen MR) is 79.7 cm³/mol. The smallest absolute Gasteiger partial charge is 0.412 e. The Morgan fingerprint density at radius 1 is 1.33 bits per heavy atom. The lowest BCUT2D eigenvalue weighted by Crippen LogP contribution is -2.31. The SMILES string of the molecule is CC(C)(C)OC(=O)NC1=CC=CC(C(=O)C(=O)O)=C(Cl)S1. The number of carboxylic acids is 1. The van der Waals surface area contributed by atoms with Crippen molar-refractivity contribution in [2.45, 2.75) is 26.4 Å². The number of ether oxygens (including phenoxy) is 1. The van der Waals surface area contributed by atoms with E-state index in [1.54, 1.807) is 20.8 Å². The zero-order chi connectivity index (χ0) is 16.2. The van der Waals surface area contributed by atoms with E-state index in [4.69, 9.17) is 21.4 Å². The monoisotopic (exact) mass is 331 g/mol. The van der Waals surface area contributed by atoms with Gasteiger partial charge in [-0.1, -0.05) is 29.4 Å². The summed E-state index contributed by atoms with van der Waals surface area (Å²) in [6, 6.07) is 0. The quantitative estimate of drug-likeness (QED) is 0.772. The second-order valence-electron chi connectivity index (χ2n) is 4.94. The first-order valence-electron chi connectivity index (χ1n) is 5.84. The topological polar surface area (TPSA) is 92.7 Å². The van der Waals surface area contributed by atoms with Crippen LogP contribution in [-0.2, 0) is 14.3 Å². The first kappa shape index (κ1) is 17.3. The van der Waals surface area contributed by atoms with E-state index in [9.17, 15) is 14.4 Å². The Bertz CT molecular complexity index is 572. The van der Waals surface area contributed by atoms with Crippen LogP contribution in [-0.4, -0.2) is 28.6 Å². The zero-order valence-electron chi connectivity index (χ0n) is 11.6. The van der Waals surface area contributed by atoms with E-state index >= 15 is 0 Å². The fraction of sp³-hybridized carbons (Fsp3) is 0.308. The summed E-state index contributed by atoms with van der Waals surface area (Å²) in [6.07, 6.45) is 3.51. The van der Waals surface area contributed by atoms with Crippen LogP contribution in [0.1, 0.15) is 20.8 Å². The highest BCUT2D eigenvalue weighted by molar-refractivity contribution is 8.08. The molecular formula is C13H14ClNO5S. The van der Waals surface area contributed by atoms with E-state index in [-0.39, 0.29) is 9.94 Å². The third-order valence-electron chi connectivity index (χ3n) is 1.98. The van der Waals surface area contributed by atoms with Crippen molar-refractivity contribution in [1.82, 2.24) is 5.32 Å². The van der Waals surface area contributed by atoms with Crippen LogP contribution in [0.5, 0.6) is 0 Å². The minimum absolute atomic E-state index is 0.0431. The van der Waals surface area contributed by atoms with Gasteiger partial charge in [0.25, 0.3) is 5.78 Å². The third-order valence-corrected chi connectivity index (χ3v) is 3.28. The number of rotatable bonds is 3. The molecule has 1 aliphatic heterocycles. The van der Waals surface area contributed by atoms with E-state index in [2.05, 4.69) is 5.32 Å².